The zero-order chi connectivity index (χ0) is 19.1. The Labute approximate surface area is 167 Å². The molecule has 1 heterocycles. The van der Waals surface area contributed by atoms with E-state index in [1.807, 2.05) is 44.2 Å². The molecule has 0 aliphatic heterocycles. The third-order valence-corrected chi connectivity index (χ3v) is 5.85. The summed E-state index contributed by atoms with van der Waals surface area (Å²) in [5, 5.41) is 12.1. The van der Waals surface area contributed by atoms with Gasteiger partial charge in [0, 0.05) is 12.1 Å². The molecule has 0 aliphatic carbocycles. The quantitative estimate of drug-likeness (QED) is 0.407. The molecule has 2 aromatic carbocycles. The van der Waals surface area contributed by atoms with Gasteiger partial charge in [0.1, 0.15) is 5.75 Å². The number of aromatic nitrogens is 2. The lowest BCUT2D eigenvalue weighted by atomic mass is 10.1. The Morgan fingerprint density at radius 3 is 2.59 bits per heavy atom. The highest BCUT2D eigenvalue weighted by molar-refractivity contribution is 8.02. The maximum Gasteiger partial charge on any atom is 0.206 e. The number of thioether (sulfide) groups is 1. The number of nitrogens with zero attached hydrogens (tertiary/aromatic N) is 2. The Morgan fingerprint density at radius 2 is 1.89 bits per heavy atom. The number of benzene rings is 2. The molecular weight excluding hydrogens is 378 g/mol. The molecule has 0 spiro atoms. The first-order chi connectivity index (χ1) is 13.2. The van der Waals surface area contributed by atoms with Crippen LogP contribution in [0, 0.1) is 0 Å². The van der Waals surface area contributed by atoms with Gasteiger partial charge >= 0.3 is 0 Å². The lowest BCUT2D eigenvalue weighted by Crippen LogP contribution is -2.13. The van der Waals surface area contributed by atoms with Gasteiger partial charge in [-0.05, 0) is 43.7 Å². The van der Waals surface area contributed by atoms with Gasteiger partial charge < -0.3 is 10.1 Å². The van der Waals surface area contributed by atoms with Crippen LogP contribution in [-0.4, -0.2) is 27.8 Å². The van der Waals surface area contributed by atoms with Crippen LogP contribution in [0.4, 0.5) is 5.13 Å². The molecule has 0 unspecified atom stereocenters. The Morgan fingerprint density at radius 1 is 1.15 bits per heavy atom. The molecule has 0 fully saturated rings. The summed E-state index contributed by atoms with van der Waals surface area (Å²) in [5.74, 6) is 0.838. The van der Waals surface area contributed by atoms with E-state index in [0.29, 0.717) is 18.7 Å². The van der Waals surface area contributed by atoms with Crippen molar-refractivity contribution in [1.29, 1.82) is 0 Å². The number of ether oxygens (including phenoxy) is 1. The minimum atomic E-state index is -0.238. The average molecular weight is 400 g/mol. The van der Waals surface area contributed by atoms with Gasteiger partial charge in [0.05, 0.1) is 11.9 Å². The highest BCUT2D eigenvalue weighted by Gasteiger charge is 2.19. The first kappa shape index (κ1) is 19.4. The average Bonchev–Trinajstić information content (AvgIpc) is 3.15. The summed E-state index contributed by atoms with van der Waals surface area (Å²) in [6, 6.07) is 17.4. The fourth-order valence-corrected chi connectivity index (χ4v) is 4.39. The van der Waals surface area contributed by atoms with Crippen molar-refractivity contribution in [3.05, 3.63) is 65.7 Å². The van der Waals surface area contributed by atoms with E-state index in [1.54, 1.807) is 12.1 Å². The molecule has 3 aromatic rings. The molecule has 1 N–H and O–H groups in total. The van der Waals surface area contributed by atoms with E-state index >= 15 is 0 Å². The molecule has 0 aliphatic rings. The number of anilines is 1. The maximum atomic E-state index is 12.6. The second-order valence-electron chi connectivity index (χ2n) is 5.79. The van der Waals surface area contributed by atoms with E-state index in [1.165, 1.54) is 28.7 Å². The van der Waals surface area contributed by atoms with Crippen molar-refractivity contribution in [3.63, 3.8) is 0 Å². The Balaban J connectivity index is 1.55. The van der Waals surface area contributed by atoms with Crippen LogP contribution in [0.3, 0.4) is 0 Å². The summed E-state index contributed by atoms with van der Waals surface area (Å²) < 4.78 is 6.19. The van der Waals surface area contributed by atoms with E-state index in [2.05, 4.69) is 27.6 Å². The van der Waals surface area contributed by atoms with Crippen LogP contribution >= 0.6 is 23.1 Å². The number of carbonyl (C=O) groups is 1. The van der Waals surface area contributed by atoms with E-state index in [0.717, 1.165) is 15.2 Å². The molecule has 0 amide bonds. The first-order valence-electron chi connectivity index (χ1n) is 8.70. The second kappa shape index (κ2) is 9.53. The molecule has 140 valence electrons. The standard InChI is InChI=1S/C20H21N3O2S2/c1-3-25-17-11-9-16(10-12-17)18(24)14(2)26-20-23-22-19(27-20)21-13-15-7-5-4-6-8-15/h4-12,14H,3,13H2,1-2H3,(H,21,22)/t14-/m1/s1. The van der Waals surface area contributed by atoms with Gasteiger partial charge in [0.25, 0.3) is 0 Å². The monoisotopic (exact) mass is 399 g/mol. The Bertz CT molecular complexity index is 866. The topological polar surface area (TPSA) is 64.1 Å². The fourth-order valence-electron chi connectivity index (χ4n) is 2.42. The van der Waals surface area contributed by atoms with E-state index in [9.17, 15) is 4.79 Å². The molecule has 0 radical (unpaired) electrons. The highest BCUT2D eigenvalue weighted by atomic mass is 32.2. The summed E-state index contributed by atoms with van der Waals surface area (Å²) in [4.78, 5) is 12.6. The predicted octanol–water partition coefficient (Wildman–Crippen LogP) is 4.91. The van der Waals surface area contributed by atoms with Crippen LogP contribution in [0.5, 0.6) is 5.75 Å². The SMILES string of the molecule is CCOc1ccc(C(=O)[C@@H](C)Sc2nnc(NCc3ccccc3)s2)cc1. The lowest BCUT2D eigenvalue weighted by molar-refractivity contribution is 0.0994. The second-order valence-corrected chi connectivity index (χ2v) is 8.36. The van der Waals surface area contributed by atoms with E-state index < -0.39 is 0 Å². The molecule has 1 aromatic heterocycles. The van der Waals surface area contributed by atoms with Crippen molar-refractivity contribution < 1.29 is 9.53 Å². The zero-order valence-corrected chi connectivity index (χ0v) is 16.8. The minimum Gasteiger partial charge on any atom is -0.494 e. The fraction of sp³-hybridized carbons (Fsp3) is 0.250. The van der Waals surface area contributed by atoms with Crippen molar-refractivity contribution in [2.75, 3.05) is 11.9 Å². The van der Waals surface area contributed by atoms with Crippen LogP contribution in [-0.2, 0) is 6.54 Å². The van der Waals surface area contributed by atoms with Gasteiger partial charge in [-0.3, -0.25) is 4.79 Å². The van der Waals surface area contributed by atoms with Crippen LogP contribution in [0.15, 0.2) is 58.9 Å². The maximum absolute atomic E-state index is 12.6. The van der Waals surface area contributed by atoms with Crippen molar-refractivity contribution in [1.82, 2.24) is 10.2 Å². The Hall–Kier alpha value is -2.38. The lowest BCUT2D eigenvalue weighted by Gasteiger charge is -2.09. The molecule has 0 bridgehead atoms. The summed E-state index contributed by atoms with van der Waals surface area (Å²) in [5.41, 5.74) is 1.85. The third-order valence-electron chi connectivity index (χ3n) is 3.79. The van der Waals surface area contributed by atoms with Crippen LogP contribution < -0.4 is 10.1 Å². The number of rotatable bonds is 9. The van der Waals surface area contributed by atoms with Gasteiger partial charge in [0.15, 0.2) is 10.1 Å². The summed E-state index contributed by atoms with van der Waals surface area (Å²) in [6.45, 7) is 5.13. The van der Waals surface area contributed by atoms with Crippen LogP contribution in [0.2, 0.25) is 0 Å². The zero-order valence-electron chi connectivity index (χ0n) is 15.2. The van der Waals surface area contributed by atoms with Gasteiger partial charge in [-0.25, -0.2) is 0 Å². The Kier molecular flexibility index (Phi) is 6.84. The number of hydrogen-bond donors (Lipinski definition) is 1. The summed E-state index contributed by atoms with van der Waals surface area (Å²) >= 11 is 2.89. The number of nitrogens with one attached hydrogen (secondary N) is 1. The molecular formula is C20H21N3O2S2. The summed E-state index contributed by atoms with van der Waals surface area (Å²) in [7, 11) is 0. The van der Waals surface area contributed by atoms with Crippen LogP contribution in [0.25, 0.3) is 0 Å². The van der Waals surface area contributed by atoms with Gasteiger partial charge in [0.2, 0.25) is 5.13 Å². The third kappa shape index (κ3) is 5.55. The predicted molar refractivity (Wildman–Crippen MR) is 111 cm³/mol. The van der Waals surface area contributed by atoms with Crippen molar-refractivity contribution in [3.8, 4) is 5.75 Å². The van der Waals surface area contributed by atoms with Crippen LogP contribution in [0.1, 0.15) is 29.8 Å². The van der Waals surface area contributed by atoms with Gasteiger partial charge in [-0.1, -0.05) is 53.4 Å². The number of Topliss-reactive ketones (excluding diaryl/α,β-unsaturated/α-hetero) is 1. The first-order valence-corrected chi connectivity index (χ1v) is 10.4. The molecule has 5 nitrogen and oxygen atoms in total. The van der Waals surface area contributed by atoms with Gasteiger partial charge in [-0.2, -0.15) is 0 Å². The smallest absolute Gasteiger partial charge is 0.206 e. The van der Waals surface area contributed by atoms with E-state index in [-0.39, 0.29) is 11.0 Å². The number of hydrogen-bond acceptors (Lipinski definition) is 7. The minimum absolute atomic E-state index is 0.0667. The molecule has 7 heteroatoms. The highest BCUT2D eigenvalue weighted by Crippen LogP contribution is 2.30. The van der Waals surface area contributed by atoms with Gasteiger partial charge in [-0.15, -0.1) is 10.2 Å². The molecule has 1 atom stereocenters. The molecule has 27 heavy (non-hydrogen) atoms. The van der Waals surface area contributed by atoms with Crippen molar-refractivity contribution in [2.45, 2.75) is 30.0 Å². The molecule has 0 saturated heterocycles. The molecule has 0 saturated carbocycles. The van der Waals surface area contributed by atoms with E-state index in [4.69, 9.17) is 4.74 Å². The van der Waals surface area contributed by atoms with Crippen molar-refractivity contribution in [2.24, 2.45) is 0 Å². The molecule has 3 rings (SSSR count). The number of ketones is 1. The largest absolute Gasteiger partial charge is 0.494 e. The normalized spacial score (nSPS) is 11.8. The number of carbonyl (C=O) groups excluding carboxylic acids is 1. The summed E-state index contributed by atoms with van der Waals surface area (Å²) in [6.07, 6.45) is 0. The van der Waals surface area contributed by atoms with Crippen molar-refractivity contribution >= 4 is 34.0 Å².